The number of hydrogen-bond acceptors (Lipinski definition) is 7. The zero-order valence-electron chi connectivity index (χ0n) is 13.9. The molecule has 0 amide bonds. The van der Waals surface area contributed by atoms with Crippen molar-refractivity contribution in [1.82, 2.24) is 9.97 Å². The minimum absolute atomic E-state index is 0.354. The lowest BCUT2D eigenvalue weighted by Crippen LogP contribution is -1.98. The molecule has 2 aromatic heterocycles. The lowest BCUT2D eigenvalue weighted by Gasteiger charge is -2.08. The maximum atomic E-state index is 9.03. The van der Waals surface area contributed by atoms with Crippen LogP contribution in [0.15, 0.2) is 65.4 Å². The number of hydrogen-bond donors (Lipinski definition) is 1. The number of furan rings is 1. The Bertz CT molecular complexity index is 1200. The number of rotatable bonds is 4. The average Bonchev–Trinajstić information content (AvgIpc) is 3.11. The monoisotopic (exact) mass is 353 g/mol. The molecule has 128 valence electrons. The first-order valence-electron chi connectivity index (χ1n) is 7.94. The van der Waals surface area contributed by atoms with Gasteiger partial charge in [0, 0.05) is 29.4 Å². The van der Waals surface area contributed by atoms with Crippen molar-refractivity contribution in [2.24, 2.45) is 0 Å². The topological polar surface area (TPSA) is 108 Å². The van der Waals surface area contributed by atoms with Crippen molar-refractivity contribution in [3.63, 3.8) is 0 Å². The molecule has 0 saturated heterocycles. The van der Waals surface area contributed by atoms with Gasteiger partial charge in [0.15, 0.2) is 0 Å². The fourth-order valence-corrected chi connectivity index (χ4v) is 2.50. The number of nitrogens with one attached hydrogen (secondary N) is 1. The Labute approximate surface area is 154 Å². The van der Waals surface area contributed by atoms with Gasteiger partial charge < -0.3 is 14.5 Å². The van der Waals surface area contributed by atoms with E-state index in [4.69, 9.17) is 19.7 Å². The molecule has 0 atom stereocenters. The Morgan fingerprint density at radius 3 is 2.63 bits per heavy atom. The summed E-state index contributed by atoms with van der Waals surface area (Å²) < 4.78 is 11.1. The van der Waals surface area contributed by atoms with Crippen molar-refractivity contribution in [2.45, 2.75) is 0 Å². The highest BCUT2D eigenvalue weighted by molar-refractivity contribution is 5.84. The van der Waals surface area contributed by atoms with Crippen molar-refractivity contribution < 1.29 is 9.15 Å². The van der Waals surface area contributed by atoms with Crippen LogP contribution >= 0.6 is 0 Å². The van der Waals surface area contributed by atoms with Crippen LogP contribution < -0.4 is 10.1 Å². The molecule has 1 N–H and O–H groups in total. The van der Waals surface area contributed by atoms with Crippen LogP contribution in [0.3, 0.4) is 0 Å². The molecule has 2 aromatic carbocycles. The van der Waals surface area contributed by atoms with E-state index in [1.165, 1.54) is 6.26 Å². The number of nitrogens with zero attached hydrogens (tertiary/aromatic N) is 4. The minimum atomic E-state index is 0.354. The number of ether oxygens (including phenoxy) is 1. The fourth-order valence-electron chi connectivity index (χ4n) is 2.50. The van der Waals surface area contributed by atoms with E-state index in [9.17, 15) is 0 Å². The minimum Gasteiger partial charge on any atom is -0.463 e. The van der Waals surface area contributed by atoms with E-state index in [2.05, 4.69) is 27.4 Å². The summed E-state index contributed by atoms with van der Waals surface area (Å²) in [5.41, 5.74) is 2.38. The van der Waals surface area contributed by atoms with Gasteiger partial charge in [-0.15, -0.1) is 0 Å². The third-order valence-electron chi connectivity index (χ3n) is 3.79. The predicted octanol–water partition coefficient (Wildman–Crippen LogP) is 4.50. The van der Waals surface area contributed by atoms with Crippen molar-refractivity contribution in [3.8, 4) is 23.8 Å². The second-order valence-corrected chi connectivity index (χ2v) is 5.55. The average molecular weight is 353 g/mol. The summed E-state index contributed by atoms with van der Waals surface area (Å²) in [5, 5.41) is 21.7. The molecule has 2 heterocycles. The molecule has 4 rings (SSSR count). The van der Waals surface area contributed by atoms with E-state index in [-0.39, 0.29) is 0 Å². The summed E-state index contributed by atoms with van der Waals surface area (Å²) in [6.07, 6.45) is 2.99. The van der Waals surface area contributed by atoms with Gasteiger partial charge in [-0.2, -0.15) is 15.5 Å². The summed E-state index contributed by atoms with van der Waals surface area (Å²) in [7, 11) is 0. The lowest BCUT2D eigenvalue weighted by atomic mass is 10.2. The highest BCUT2D eigenvalue weighted by Crippen LogP contribution is 2.28. The summed E-state index contributed by atoms with van der Waals surface area (Å²) in [6, 6.07) is 17.9. The highest BCUT2D eigenvalue weighted by Gasteiger charge is 2.08. The molecule has 0 bridgehead atoms. The van der Waals surface area contributed by atoms with E-state index >= 15 is 0 Å². The second kappa shape index (κ2) is 6.87. The normalized spacial score (nSPS) is 10.1. The summed E-state index contributed by atoms with van der Waals surface area (Å²) in [5.74, 6) is 1.25. The van der Waals surface area contributed by atoms with Crippen molar-refractivity contribution in [2.75, 3.05) is 5.32 Å². The highest BCUT2D eigenvalue weighted by atomic mass is 16.5. The molecule has 0 aliphatic carbocycles. The fraction of sp³-hybridized carbons (Fsp3) is 0. The molecular formula is C20H11N5O2. The van der Waals surface area contributed by atoms with Crippen LogP contribution in [-0.2, 0) is 0 Å². The SMILES string of the molecule is N#Cc1ccc(Nc2nccc(Oc3ccc4c(C#N)coc4c3)n2)cc1. The molecule has 0 unspecified atom stereocenters. The van der Waals surface area contributed by atoms with Gasteiger partial charge in [0.05, 0.1) is 17.2 Å². The molecule has 7 heteroatoms. The number of fused-ring (bicyclic) bond motifs is 1. The van der Waals surface area contributed by atoms with Crippen LogP contribution in [0, 0.1) is 22.7 Å². The van der Waals surface area contributed by atoms with Crippen molar-refractivity contribution in [3.05, 3.63) is 72.1 Å². The molecule has 0 fully saturated rings. The number of benzene rings is 2. The third kappa shape index (κ3) is 3.39. The number of nitriles is 2. The van der Waals surface area contributed by atoms with Gasteiger partial charge in [-0.05, 0) is 36.4 Å². The maximum absolute atomic E-state index is 9.03. The Morgan fingerprint density at radius 2 is 1.85 bits per heavy atom. The zero-order chi connectivity index (χ0) is 18.6. The van der Waals surface area contributed by atoms with Crippen LogP contribution in [0.2, 0.25) is 0 Å². The third-order valence-corrected chi connectivity index (χ3v) is 3.79. The van der Waals surface area contributed by atoms with Crippen molar-refractivity contribution in [1.29, 1.82) is 10.5 Å². The van der Waals surface area contributed by atoms with E-state index in [0.717, 1.165) is 11.1 Å². The second-order valence-electron chi connectivity index (χ2n) is 5.55. The zero-order valence-corrected chi connectivity index (χ0v) is 13.9. The van der Waals surface area contributed by atoms with Gasteiger partial charge in [-0.3, -0.25) is 0 Å². The smallest absolute Gasteiger partial charge is 0.230 e. The van der Waals surface area contributed by atoms with Gasteiger partial charge in [0.2, 0.25) is 11.8 Å². The quantitative estimate of drug-likeness (QED) is 0.575. The van der Waals surface area contributed by atoms with Gasteiger partial charge in [0.25, 0.3) is 0 Å². The Balaban J connectivity index is 1.53. The summed E-state index contributed by atoms with van der Waals surface area (Å²) >= 11 is 0. The molecule has 27 heavy (non-hydrogen) atoms. The molecule has 0 radical (unpaired) electrons. The molecule has 4 aromatic rings. The Hall–Kier alpha value is -4.36. The van der Waals surface area contributed by atoms with Gasteiger partial charge >= 0.3 is 0 Å². The van der Waals surface area contributed by atoms with Crippen LogP contribution in [0.5, 0.6) is 11.6 Å². The van der Waals surface area contributed by atoms with Crippen LogP contribution in [-0.4, -0.2) is 9.97 Å². The molecule has 0 spiro atoms. The largest absolute Gasteiger partial charge is 0.463 e. The Kier molecular flexibility index (Phi) is 4.10. The standard InChI is InChI=1S/C20H11N5O2/c21-10-13-1-3-15(4-2-13)24-20-23-8-7-19(25-20)27-16-5-6-17-14(11-22)12-26-18(17)9-16/h1-9,12H,(H,23,24,25). The molecule has 0 aliphatic rings. The van der Waals surface area contributed by atoms with E-state index in [1.54, 1.807) is 54.7 Å². The maximum Gasteiger partial charge on any atom is 0.230 e. The number of aromatic nitrogens is 2. The van der Waals surface area contributed by atoms with Crippen LogP contribution in [0.25, 0.3) is 11.0 Å². The van der Waals surface area contributed by atoms with Gasteiger partial charge in [-0.25, -0.2) is 4.98 Å². The van der Waals surface area contributed by atoms with E-state index in [1.807, 2.05) is 0 Å². The first-order valence-corrected chi connectivity index (χ1v) is 7.94. The summed E-state index contributed by atoms with van der Waals surface area (Å²) in [4.78, 5) is 8.48. The molecule has 0 aliphatic heterocycles. The Morgan fingerprint density at radius 1 is 1.00 bits per heavy atom. The van der Waals surface area contributed by atoms with Crippen LogP contribution in [0.1, 0.15) is 11.1 Å². The van der Waals surface area contributed by atoms with E-state index < -0.39 is 0 Å². The first kappa shape index (κ1) is 16.1. The lowest BCUT2D eigenvalue weighted by molar-refractivity contribution is 0.462. The number of anilines is 2. The van der Waals surface area contributed by atoms with Gasteiger partial charge in [0.1, 0.15) is 23.7 Å². The molecule has 7 nitrogen and oxygen atoms in total. The first-order chi connectivity index (χ1) is 13.2. The van der Waals surface area contributed by atoms with Crippen LogP contribution in [0.4, 0.5) is 11.6 Å². The summed E-state index contributed by atoms with van der Waals surface area (Å²) in [6.45, 7) is 0. The molecular weight excluding hydrogens is 342 g/mol. The van der Waals surface area contributed by atoms with E-state index in [0.29, 0.717) is 34.3 Å². The van der Waals surface area contributed by atoms with Gasteiger partial charge in [-0.1, -0.05) is 0 Å². The van der Waals surface area contributed by atoms with Crippen molar-refractivity contribution >= 4 is 22.6 Å². The molecule has 0 saturated carbocycles. The predicted molar refractivity (Wildman–Crippen MR) is 97.5 cm³/mol.